The van der Waals surface area contributed by atoms with Crippen LogP contribution in [0.15, 0.2) is 48.5 Å². The van der Waals surface area contributed by atoms with E-state index in [-0.39, 0.29) is 39.3 Å². The van der Waals surface area contributed by atoms with Gasteiger partial charge in [0.05, 0.1) is 10.6 Å². The summed E-state index contributed by atoms with van der Waals surface area (Å²) in [6.45, 7) is 0. The first-order valence-electron chi connectivity index (χ1n) is 8.16. The molecule has 1 aromatic heterocycles. The Bertz CT molecular complexity index is 1140. The lowest BCUT2D eigenvalue weighted by molar-refractivity contribution is -0.286. The van der Waals surface area contributed by atoms with Crippen molar-refractivity contribution in [1.29, 1.82) is 0 Å². The van der Waals surface area contributed by atoms with Gasteiger partial charge in [-0.15, -0.1) is 8.78 Å². The minimum Gasteiger partial charge on any atom is -0.395 e. The van der Waals surface area contributed by atoms with Crippen molar-refractivity contribution in [2.75, 3.05) is 11.1 Å². The van der Waals surface area contributed by atoms with Crippen LogP contribution in [-0.4, -0.2) is 17.2 Å². The highest BCUT2D eigenvalue weighted by molar-refractivity contribution is 6.33. The number of anilines is 2. The number of rotatable bonds is 3. The molecule has 0 unspecified atom stereocenters. The molecule has 3 N–H and O–H groups in total. The normalized spacial score (nSPS) is 13.9. The molecule has 3 aromatic rings. The molecule has 2 heterocycles. The number of fused-ring (bicyclic) bond motifs is 1. The average Bonchev–Trinajstić information content (AvgIpc) is 2.94. The number of ether oxygens (including phenoxy) is 2. The fourth-order valence-corrected chi connectivity index (χ4v) is 3.03. The highest BCUT2D eigenvalue weighted by Crippen LogP contribution is 2.46. The Morgan fingerprint density at radius 2 is 1.76 bits per heavy atom. The molecular formula is C19H11ClF3N3O3. The standard InChI is InChI=1S/C19H11ClF3N3O3/c20-12-8-15-14(28-19(22,23)29-15)7-11(12)9-5-6-16(25-17(9)24)26-18(27)10-3-1-2-4-13(10)21/h1-8H,(H3,24,25,26,27). The number of nitrogen functional groups attached to an aromatic ring is 1. The number of carbonyl (C=O) groups is 1. The van der Waals surface area contributed by atoms with Gasteiger partial charge in [0.25, 0.3) is 5.91 Å². The first kappa shape index (κ1) is 18.9. The lowest BCUT2D eigenvalue weighted by atomic mass is 10.1. The van der Waals surface area contributed by atoms with E-state index in [1.54, 1.807) is 0 Å². The summed E-state index contributed by atoms with van der Waals surface area (Å²) in [6, 6.07) is 10.8. The van der Waals surface area contributed by atoms with Crippen molar-refractivity contribution in [2.45, 2.75) is 6.29 Å². The lowest BCUT2D eigenvalue weighted by Crippen LogP contribution is -2.25. The van der Waals surface area contributed by atoms with E-state index in [4.69, 9.17) is 17.3 Å². The third-order valence-electron chi connectivity index (χ3n) is 4.07. The van der Waals surface area contributed by atoms with Crippen molar-refractivity contribution < 1.29 is 27.4 Å². The zero-order chi connectivity index (χ0) is 20.8. The Labute approximate surface area is 167 Å². The van der Waals surface area contributed by atoms with Crippen LogP contribution in [0.4, 0.5) is 24.8 Å². The van der Waals surface area contributed by atoms with Gasteiger partial charge in [-0.25, -0.2) is 9.37 Å². The summed E-state index contributed by atoms with van der Waals surface area (Å²) in [6.07, 6.45) is -3.78. The smallest absolute Gasteiger partial charge is 0.395 e. The number of nitrogens with zero attached hydrogens (tertiary/aromatic N) is 1. The van der Waals surface area contributed by atoms with Crippen LogP contribution < -0.4 is 20.5 Å². The summed E-state index contributed by atoms with van der Waals surface area (Å²) in [4.78, 5) is 16.2. The number of nitrogens with two attached hydrogens (primary N) is 1. The summed E-state index contributed by atoms with van der Waals surface area (Å²) in [7, 11) is 0. The van der Waals surface area contributed by atoms with Gasteiger partial charge in [0, 0.05) is 17.2 Å². The van der Waals surface area contributed by atoms with Crippen molar-refractivity contribution in [2.24, 2.45) is 0 Å². The number of carbonyl (C=O) groups excluding carboxylic acids is 1. The molecule has 0 atom stereocenters. The van der Waals surface area contributed by atoms with Crippen molar-refractivity contribution in [1.82, 2.24) is 4.98 Å². The fraction of sp³-hybridized carbons (Fsp3) is 0.0526. The third kappa shape index (κ3) is 3.64. The Kier molecular flexibility index (Phi) is 4.46. The number of halogens is 4. The number of benzene rings is 2. The second kappa shape index (κ2) is 6.85. The molecule has 0 aliphatic carbocycles. The summed E-state index contributed by atoms with van der Waals surface area (Å²) < 4.78 is 49.0. The number of amides is 1. The summed E-state index contributed by atoms with van der Waals surface area (Å²) in [5.41, 5.74) is 6.40. The SMILES string of the molecule is Nc1nc(NC(=O)c2ccccc2F)ccc1-c1cc2c(cc1Cl)OC(F)(F)O2. The number of alkyl halides is 2. The molecule has 0 fully saturated rings. The maximum Gasteiger partial charge on any atom is 0.586 e. The fourth-order valence-electron chi connectivity index (χ4n) is 2.78. The minimum absolute atomic E-state index is 0.0381. The molecule has 0 radical (unpaired) electrons. The number of nitrogens with one attached hydrogen (secondary N) is 1. The molecule has 1 aliphatic heterocycles. The van der Waals surface area contributed by atoms with Crippen LogP contribution in [0, 0.1) is 5.82 Å². The third-order valence-corrected chi connectivity index (χ3v) is 4.38. The predicted molar refractivity (Wildman–Crippen MR) is 99.7 cm³/mol. The molecule has 4 rings (SSSR count). The quantitative estimate of drug-likeness (QED) is 0.640. The van der Waals surface area contributed by atoms with Crippen LogP contribution in [0.1, 0.15) is 10.4 Å². The Hall–Kier alpha value is -3.46. The number of hydrogen-bond donors (Lipinski definition) is 2. The van der Waals surface area contributed by atoms with Gasteiger partial charge >= 0.3 is 6.29 Å². The molecule has 1 aliphatic rings. The second-order valence-corrected chi connectivity index (χ2v) is 6.42. The van der Waals surface area contributed by atoms with Gasteiger partial charge in [0.1, 0.15) is 17.5 Å². The largest absolute Gasteiger partial charge is 0.586 e. The molecule has 1 amide bonds. The van der Waals surface area contributed by atoms with E-state index in [1.165, 1.54) is 42.5 Å². The Balaban J connectivity index is 1.62. The van der Waals surface area contributed by atoms with E-state index in [0.717, 1.165) is 6.07 Å². The molecule has 10 heteroatoms. The first-order chi connectivity index (χ1) is 13.7. The summed E-state index contributed by atoms with van der Waals surface area (Å²) in [5.74, 6) is -1.76. The predicted octanol–water partition coefficient (Wildman–Crippen LogP) is 4.70. The number of aromatic nitrogens is 1. The van der Waals surface area contributed by atoms with Crippen LogP contribution in [0.5, 0.6) is 11.5 Å². The van der Waals surface area contributed by atoms with E-state index in [0.29, 0.717) is 5.56 Å². The van der Waals surface area contributed by atoms with E-state index in [2.05, 4.69) is 19.8 Å². The van der Waals surface area contributed by atoms with Crippen molar-refractivity contribution >= 4 is 29.1 Å². The number of hydrogen-bond acceptors (Lipinski definition) is 5. The molecule has 29 heavy (non-hydrogen) atoms. The molecule has 2 aromatic carbocycles. The van der Waals surface area contributed by atoms with Gasteiger partial charge < -0.3 is 20.5 Å². The second-order valence-electron chi connectivity index (χ2n) is 6.01. The highest BCUT2D eigenvalue weighted by Gasteiger charge is 2.44. The van der Waals surface area contributed by atoms with E-state index < -0.39 is 18.0 Å². The Morgan fingerprint density at radius 3 is 2.45 bits per heavy atom. The Morgan fingerprint density at radius 1 is 1.07 bits per heavy atom. The van der Waals surface area contributed by atoms with Crippen LogP contribution in [0.25, 0.3) is 11.1 Å². The molecule has 0 saturated carbocycles. The first-order valence-corrected chi connectivity index (χ1v) is 8.53. The zero-order valence-corrected chi connectivity index (χ0v) is 15.1. The van der Waals surface area contributed by atoms with E-state index in [1.807, 2.05) is 0 Å². The maximum absolute atomic E-state index is 13.7. The van der Waals surface area contributed by atoms with E-state index in [9.17, 15) is 18.0 Å². The maximum atomic E-state index is 13.7. The van der Waals surface area contributed by atoms with Crippen LogP contribution in [0.3, 0.4) is 0 Å². The van der Waals surface area contributed by atoms with Gasteiger partial charge in [0.15, 0.2) is 11.5 Å². The lowest BCUT2D eigenvalue weighted by Gasteiger charge is -2.11. The summed E-state index contributed by atoms with van der Waals surface area (Å²) in [5, 5.41) is 2.52. The van der Waals surface area contributed by atoms with Gasteiger partial charge in [-0.3, -0.25) is 4.79 Å². The van der Waals surface area contributed by atoms with Gasteiger partial charge in [-0.05, 0) is 30.3 Å². The van der Waals surface area contributed by atoms with Crippen LogP contribution >= 0.6 is 11.6 Å². The molecular weight excluding hydrogens is 411 g/mol. The molecule has 0 saturated heterocycles. The van der Waals surface area contributed by atoms with E-state index >= 15 is 0 Å². The van der Waals surface area contributed by atoms with Crippen molar-refractivity contribution in [3.63, 3.8) is 0 Å². The van der Waals surface area contributed by atoms with Gasteiger partial charge in [-0.1, -0.05) is 23.7 Å². The van der Waals surface area contributed by atoms with Crippen LogP contribution in [-0.2, 0) is 0 Å². The molecule has 6 nitrogen and oxygen atoms in total. The minimum atomic E-state index is -3.78. The van der Waals surface area contributed by atoms with Crippen molar-refractivity contribution in [3.05, 3.63) is 64.9 Å². The summed E-state index contributed by atoms with van der Waals surface area (Å²) >= 11 is 6.15. The molecule has 0 bridgehead atoms. The average molecular weight is 422 g/mol. The zero-order valence-electron chi connectivity index (χ0n) is 14.4. The van der Waals surface area contributed by atoms with Crippen molar-refractivity contribution in [3.8, 4) is 22.6 Å². The topological polar surface area (TPSA) is 86.5 Å². The molecule has 0 spiro atoms. The number of pyridine rings is 1. The van der Waals surface area contributed by atoms with Gasteiger partial charge in [0.2, 0.25) is 0 Å². The van der Waals surface area contributed by atoms with Gasteiger partial charge in [-0.2, -0.15) is 0 Å². The van der Waals surface area contributed by atoms with Crippen LogP contribution in [0.2, 0.25) is 5.02 Å². The highest BCUT2D eigenvalue weighted by atomic mass is 35.5. The molecule has 148 valence electrons. The monoisotopic (exact) mass is 421 g/mol.